The minimum atomic E-state index is -3.08. The van der Waals surface area contributed by atoms with E-state index in [2.05, 4.69) is 36.6 Å². The van der Waals surface area contributed by atoms with Gasteiger partial charge in [-0.3, -0.25) is 9.59 Å². The fourth-order valence-electron chi connectivity index (χ4n) is 10.8. The zero-order valence-electron chi connectivity index (χ0n) is 50.2. The van der Waals surface area contributed by atoms with Crippen molar-refractivity contribution in [1.29, 1.82) is 0 Å². The molecule has 2 amide bonds. The van der Waals surface area contributed by atoms with Crippen LogP contribution in [0.3, 0.4) is 0 Å². The summed E-state index contributed by atoms with van der Waals surface area (Å²) in [6.45, 7) is 2.05. The van der Waals surface area contributed by atoms with Crippen molar-refractivity contribution in [2.45, 2.75) is 304 Å². The predicted octanol–water partition coefficient (Wildman–Crippen LogP) is 3.50. The number of rotatable bonds is 45. The summed E-state index contributed by atoms with van der Waals surface area (Å²) >= 11 is 0. The topological polar surface area (TPSA) is 373 Å². The van der Waals surface area contributed by atoms with Gasteiger partial charge in [0.05, 0.1) is 50.7 Å². The minimum Gasteiger partial charge on any atom is -0.477 e. The molecule has 3 rings (SSSR count). The molecule has 0 saturated carbocycles. The molecule has 14 N–H and O–H groups in total. The molecule has 0 spiro atoms. The van der Waals surface area contributed by atoms with Crippen LogP contribution in [0.2, 0.25) is 0 Å². The van der Waals surface area contributed by atoms with E-state index < -0.39 is 155 Å². The molecule has 18 atom stereocenters. The van der Waals surface area contributed by atoms with Crippen molar-refractivity contribution in [3.8, 4) is 0 Å². The fourth-order valence-corrected chi connectivity index (χ4v) is 10.8. The van der Waals surface area contributed by atoms with Crippen molar-refractivity contribution in [2.24, 2.45) is 0 Å². The van der Waals surface area contributed by atoms with E-state index in [1.165, 1.54) is 109 Å². The highest BCUT2D eigenvalue weighted by Crippen LogP contribution is 2.38. The smallest absolute Gasteiger partial charge is 0.364 e. The van der Waals surface area contributed by atoms with Gasteiger partial charge in [0.1, 0.15) is 67.1 Å². The van der Waals surface area contributed by atoms with Gasteiger partial charge in [0.15, 0.2) is 12.6 Å². The predicted molar refractivity (Wildman–Crippen MR) is 311 cm³/mol. The zero-order chi connectivity index (χ0) is 61.9. The lowest BCUT2D eigenvalue weighted by Gasteiger charge is -2.50. The average molecular weight is 1210 g/mol. The number of carboxylic acid groups (broad SMARTS) is 1. The number of ether oxygens (including phenoxy) is 6. The van der Waals surface area contributed by atoms with Crippen LogP contribution in [0, 0.1) is 0 Å². The molecule has 3 aliphatic heterocycles. The standard InChI is InChI=1S/C61H108N2O21/c1-4-6-8-10-12-14-16-18-19-20-21-23-24-26-28-30-32-34-43(68)42(63-48(71)35-33-31-29-27-25-22-17-15-13-11-9-7-5-2)40-79-58-53(75)52(74)55(47(39-66)81-58)82-59-54(76)57(51(73)46(38-65)80-59)84-61(60(77)78)36-44(69)49(62-41(3)67)56(83-61)50(72)45(70)37-64/h22,25,29,31-32,34,42-47,49-59,64-66,68-70,72-76H,4-21,23-24,26-28,30,33,35-40H2,1-3H3,(H,62,67)(H,63,71)(H,77,78)/b25-22-,31-29-,34-32+. The van der Waals surface area contributed by atoms with Crippen LogP contribution < -0.4 is 10.6 Å². The Morgan fingerprint density at radius 1 is 0.631 bits per heavy atom. The Hall–Kier alpha value is -3.05. The molecule has 0 bridgehead atoms. The number of carboxylic acids is 1. The van der Waals surface area contributed by atoms with Crippen LogP contribution >= 0.6 is 0 Å². The molecule has 0 aromatic rings. The highest BCUT2D eigenvalue weighted by atomic mass is 16.8. The van der Waals surface area contributed by atoms with Gasteiger partial charge in [-0.1, -0.05) is 172 Å². The molecule has 3 aliphatic rings. The Labute approximate surface area is 497 Å². The van der Waals surface area contributed by atoms with Crippen LogP contribution in [0.4, 0.5) is 0 Å². The van der Waals surface area contributed by atoms with Crippen LogP contribution in [0.1, 0.15) is 194 Å². The molecule has 3 saturated heterocycles. The second kappa shape index (κ2) is 42.8. The highest BCUT2D eigenvalue weighted by Gasteiger charge is 2.60. The second-order valence-electron chi connectivity index (χ2n) is 22.9. The molecule has 0 aliphatic carbocycles. The van der Waals surface area contributed by atoms with E-state index in [1.807, 2.05) is 18.2 Å². The fraction of sp³-hybridized carbons (Fsp3) is 0.852. The molecule has 18 unspecified atom stereocenters. The minimum absolute atomic E-state index is 0.0931. The maximum atomic E-state index is 13.3. The van der Waals surface area contributed by atoms with Gasteiger partial charge < -0.3 is 100 Å². The van der Waals surface area contributed by atoms with Gasteiger partial charge in [-0.2, -0.15) is 0 Å². The number of nitrogens with one attached hydrogen (secondary N) is 2. The quantitative estimate of drug-likeness (QED) is 0.0306. The third kappa shape index (κ3) is 26.3. The van der Waals surface area contributed by atoms with Crippen LogP contribution in [0.25, 0.3) is 0 Å². The Morgan fingerprint density at radius 3 is 1.68 bits per heavy atom. The van der Waals surface area contributed by atoms with E-state index in [9.17, 15) is 75.7 Å². The van der Waals surface area contributed by atoms with E-state index in [-0.39, 0.29) is 12.3 Å². The summed E-state index contributed by atoms with van der Waals surface area (Å²) in [5.74, 6) is -6.22. The Bertz CT molecular complexity index is 1860. The lowest BCUT2D eigenvalue weighted by atomic mass is 9.88. The molecule has 23 heteroatoms. The first kappa shape index (κ1) is 75.2. The lowest BCUT2D eigenvalue weighted by Crippen LogP contribution is -2.70. The number of carbonyl (C=O) groups is 3. The monoisotopic (exact) mass is 1200 g/mol. The van der Waals surface area contributed by atoms with Crippen molar-refractivity contribution in [2.75, 3.05) is 26.4 Å². The number of hydrogen-bond donors (Lipinski definition) is 14. The van der Waals surface area contributed by atoms with Crippen molar-refractivity contribution >= 4 is 17.8 Å². The summed E-state index contributed by atoms with van der Waals surface area (Å²) in [6, 6.07) is -2.65. The van der Waals surface area contributed by atoms with Crippen molar-refractivity contribution in [1.82, 2.24) is 10.6 Å². The van der Waals surface area contributed by atoms with Crippen LogP contribution in [0.5, 0.6) is 0 Å². The highest BCUT2D eigenvalue weighted by molar-refractivity contribution is 5.77. The number of aliphatic hydroxyl groups is 11. The molecule has 23 nitrogen and oxygen atoms in total. The van der Waals surface area contributed by atoms with E-state index >= 15 is 0 Å². The van der Waals surface area contributed by atoms with Crippen LogP contribution in [0.15, 0.2) is 36.5 Å². The zero-order valence-corrected chi connectivity index (χ0v) is 50.2. The molecule has 488 valence electrons. The molecule has 84 heavy (non-hydrogen) atoms. The van der Waals surface area contributed by atoms with Gasteiger partial charge in [0.2, 0.25) is 11.8 Å². The molecule has 0 radical (unpaired) electrons. The summed E-state index contributed by atoms with van der Waals surface area (Å²) in [6.07, 6.45) is 10.8. The lowest BCUT2D eigenvalue weighted by molar-refractivity contribution is -0.386. The van der Waals surface area contributed by atoms with Crippen LogP contribution in [-0.4, -0.2) is 215 Å². The summed E-state index contributed by atoms with van der Waals surface area (Å²) < 4.78 is 34.6. The van der Waals surface area contributed by atoms with E-state index in [0.29, 0.717) is 12.8 Å². The van der Waals surface area contributed by atoms with E-state index in [1.54, 1.807) is 6.08 Å². The van der Waals surface area contributed by atoms with Gasteiger partial charge in [0, 0.05) is 19.8 Å². The summed E-state index contributed by atoms with van der Waals surface area (Å²) in [4.78, 5) is 38.4. The Morgan fingerprint density at radius 2 is 1.15 bits per heavy atom. The van der Waals surface area contributed by atoms with Gasteiger partial charge in [-0.15, -0.1) is 0 Å². The van der Waals surface area contributed by atoms with Crippen LogP contribution in [-0.2, 0) is 42.8 Å². The third-order valence-electron chi connectivity index (χ3n) is 15.8. The number of amides is 2. The number of allylic oxidation sites excluding steroid dienone is 5. The first-order valence-corrected chi connectivity index (χ1v) is 31.4. The summed E-state index contributed by atoms with van der Waals surface area (Å²) in [7, 11) is 0. The van der Waals surface area contributed by atoms with E-state index in [0.717, 1.165) is 45.4 Å². The number of aliphatic carboxylic acids is 1. The third-order valence-corrected chi connectivity index (χ3v) is 15.8. The molecular formula is C61H108N2O21. The largest absolute Gasteiger partial charge is 0.477 e. The summed E-state index contributed by atoms with van der Waals surface area (Å²) in [5, 5.41) is 135. The Balaban J connectivity index is 1.67. The summed E-state index contributed by atoms with van der Waals surface area (Å²) in [5.41, 5.74) is 0. The maximum absolute atomic E-state index is 13.3. The maximum Gasteiger partial charge on any atom is 0.364 e. The van der Waals surface area contributed by atoms with Crippen molar-refractivity contribution in [3.05, 3.63) is 36.5 Å². The Kier molecular flexibility index (Phi) is 38.3. The molecule has 0 aromatic heterocycles. The number of carbonyl (C=O) groups excluding carboxylic acids is 2. The van der Waals surface area contributed by atoms with Gasteiger partial charge in [-0.05, 0) is 38.5 Å². The number of unbranched alkanes of at least 4 members (excludes halogenated alkanes) is 21. The average Bonchev–Trinajstić information content (AvgIpc) is 1.27. The SMILES string of the molecule is CCCCCCCC/C=C\C/C=C\CCC(=O)NC(COC1OC(CO)C(OC2OC(CO)C(O)C(OC3(C(=O)O)CC(O)C(NC(C)=O)C(C(O)C(O)CO)O3)C2O)C(O)C1O)C(O)/C=C/CCCCCCCCCCCCCCCCC. The number of aliphatic hydroxyl groups excluding tert-OH is 11. The molecule has 0 aromatic carbocycles. The van der Waals surface area contributed by atoms with E-state index in [4.69, 9.17) is 28.4 Å². The first-order valence-electron chi connectivity index (χ1n) is 31.4. The molecule has 3 fully saturated rings. The molecular weight excluding hydrogens is 1100 g/mol. The normalized spacial score (nSPS) is 30.0. The van der Waals surface area contributed by atoms with Crippen molar-refractivity contribution < 1.29 is 104 Å². The first-order chi connectivity index (χ1) is 40.4. The van der Waals surface area contributed by atoms with Gasteiger partial charge >= 0.3 is 5.97 Å². The second-order valence-corrected chi connectivity index (χ2v) is 22.9. The van der Waals surface area contributed by atoms with Crippen molar-refractivity contribution in [3.63, 3.8) is 0 Å². The molecule has 3 heterocycles. The van der Waals surface area contributed by atoms with Gasteiger partial charge in [0.25, 0.3) is 5.79 Å². The van der Waals surface area contributed by atoms with Gasteiger partial charge in [-0.25, -0.2) is 4.79 Å². The number of hydrogen-bond acceptors (Lipinski definition) is 20.